The molecule has 11 nitrogen and oxygen atoms in total. The van der Waals surface area contributed by atoms with Crippen LogP contribution in [0.25, 0.3) is 0 Å². The fourth-order valence-electron chi connectivity index (χ4n) is 4.45. The predicted octanol–water partition coefficient (Wildman–Crippen LogP) is 3.55. The number of amides is 3. The van der Waals surface area contributed by atoms with E-state index in [0.717, 1.165) is 0 Å². The number of fused-ring (bicyclic) bond motifs is 1. The summed E-state index contributed by atoms with van der Waals surface area (Å²) in [5, 5.41) is 15.1. The van der Waals surface area contributed by atoms with Crippen LogP contribution in [-0.4, -0.2) is 80.3 Å². The molecule has 4 atom stereocenters. The number of carboxylic acid groups (broad SMARTS) is 1. The zero-order valence-corrected chi connectivity index (χ0v) is 24.2. The third-order valence-electron chi connectivity index (χ3n) is 7.27. The second-order valence-corrected chi connectivity index (χ2v) is 15.8. The van der Waals surface area contributed by atoms with Gasteiger partial charge in [-0.05, 0) is 43.5 Å². The van der Waals surface area contributed by atoms with Gasteiger partial charge in [0.2, 0.25) is 5.91 Å². The van der Waals surface area contributed by atoms with E-state index in [9.17, 15) is 24.3 Å². The Morgan fingerprint density at radius 2 is 1.74 bits per heavy atom. The van der Waals surface area contributed by atoms with Gasteiger partial charge in [-0.25, -0.2) is 14.4 Å². The van der Waals surface area contributed by atoms with Crippen LogP contribution in [0, 0.1) is 5.92 Å². The molecule has 12 heteroatoms. The molecule has 3 amide bonds. The fourth-order valence-corrected chi connectivity index (χ4v) is 5.88. The lowest BCUT2D eigenvalue weighted by Gasteiger charge is -2.48. The van der Waals surface area contributed by atoms with E-state index in [1.54, 1.807) is 0 Å². The number of nitrogens with zero attached hydrogens (tertiary/aromatic N) is 1. The van der Waals surface area contributed by atoms with Crippen LogP contribution in [0.3, 0.4) is 0 Å². The van der Waals surface area contributed by atoms with Gasteiger partial charge in [0.25, 0.3) is 0 Å². The minimum Gasteiger partial charge on any atom is -0.477 e. The molecule has 2 heterocycles. The molecule has 0 aromatic rings. The summed E-state index contributed by atoms with van der Waals surface area (Å²) >= 11 is 0. The van der Waals surface area contributed by atoms with Gasteiger partial charge in [-0.1, -0.05) is 46.1 Å². The van der Waals surface area contributed by atoms with Crippen LogP contribution in [0.4, 0.5) is 9.59 Å². The Morgan fingerprint density at radius 3 is 2.26 bits per heavy atom. The Bertz CT molecular complexity index is 987. The highest BCUT2D eigenvalue weighted by molar-refractivity contribution is 6.74. The third kappa shape index (κ3) is 7.25. The molecule has 0 aromatic heterocycles. The molecule has 38 heavy (non-hydrogen) atoms. The molecule has 3 N–H and O–H groups in total. The average molecular weight is 552 g/mol. The van der Waals surface area contributed by atoms with E-state index in [1.807, 2.05) is 6.92 Å². The maximum absolute atomic E-state index is 13.2. The monoisotopic (exact) mass is 551 g/mol. The largest absolute Gasteiger partial charge is 0.477 e. The van der Waals surface area contributed by atoms with E-state index in [-0.39, 0.29) is 55.0 Å². The fraction of sp³-hybridized carbons (Fsp3) is 0.615. The average Bonchev–Trinajstić information content (AvgIpc) is 3.12. The van der Waals surface area contributed by atoms with Crippen LogP contribution in [0.2, 0.25) is 18.1 Å². The van der Waals surface area contributed by atoms with Crippen molar-refractivity contribution in [3.05, 3.63) is 36.6 Å². The van der Waals surface area contributed by atoms with Crippen molar-refractivity contribution in [2.24, 2.45) is 5.92 Å². The van der Waals surface area contributed by atoms with Crippen molar-refractivity contribution >= 4 is 32.4 Å². The number of nitrogens with one attached hydrogen (secondary N) is 2. The van der Waals surface area contributed by atoms with E-state index in [0.29, 0.717) is 12.0 Å². The van der Waals surface area contributed by atoms with Crippen molar-refractivity contribution in [1.82, 2.24) is 15.5 Å². The highest BCUT2D eigenvalue weighted by Crippen LogP contribution is 2.47. The summed E-state index contributed by atoms with van der Waals surface area (Å²) in [6, 6.07) is -1.07. The first-order valence-electron chi connectivity index (χ1n) is 12.7. The molecule has 0 aromatic carbocycles. The smallest absolute Gasteiger partial charge is 0.407 e. The number of rotatable bonds is 13. The van der Waals surface area contributed by atoms with Crippen molar-refractivity contribution in [2.45, 2.75) is 76.9 Å². The molecule has 1 fully saturated rings. The first-order chi connectivity index (χ1) is 17.6. The van der Waals surface area contributed by atoms with Crippen LogP contribution < -0.4 is 10.6 Å². The van der Waals surface area contributed by atoms with E-state index in [4.69, 9.17) is 13.9 Å². The van der Waals surface area contributed by atoms with Gasteiger partial charge in [0.15, 0.2) is 8.32 Å². The normalized spacial score (nSPS) is 20.6. The van der Waals surface area contributed by atoms with Crippen molar-refractivity contribution in [2.75, 3.05) is 19.8 Å². The van der Waals surface area contributed by atoms with E-state index >= 15 is 0 Å². The van der Waals surface area contributed by atoms with E-state index in [2.05, 4.69) is 57.7 Å². The molecule has 0 spiro atoms. The van der Waals surface area contributed by atoms with E-state index < -0.39 is 38.4 Å². The van der Waals surface area contributed by atoms with Crippen LogP contribution in [0.15, 0.2) is 36.6 Å². The summed E-state index contributed by atoms with van der Waals surface area (Å²) in [5.74, 6) is -1.97. The molecular formula is C26H41N3O8Si. The predicted molar refractivity (Wildman–Crippen MR) is 144 cm³/mol. The summed E-state index contributed by atoms with van der Waals surface area (Å²) in [6.07, 6.45) is 1.39. The lowest BCUT2D eigenvalue weighted by atomic mass is 9.82. The molecule has 0 aliphatic carbocycles. The Hall–Kier alpha value is -3.12. The van der Waals surface area contributed by atoms with Crippen LogP contribution in [-0.2, 0) is 23.5 Å². The summed E-state index contributed by atoms with van der Waals surface area (Å²) in [6.45, 7) is 19.4. The van der Waals surface area contributed by atoms with Crippen LogP contribution in [0.5, 0.6) is 0 Å². The number of carboxylic acids is 1. The summed E-state index contributed by atoms with van der Waals surface area (Å²) in [5.41, 5.74) is 0.407. The van der Waals surface area contributed by atoms with Crippen LogP contribution in [0.1, 0.15) is 40.5 Å². The minimum absolute atomic E-state index is 0.00882. The lowest BCUT2D eigenvalue weighted by Crippen LogP contribution is -2.63. The molecule has 0 bridgehead atoms. The zero-order valence-electron chi connectivity index (χ0n) is 23.2. The molecule has 0 unspecified atom stereocenters. The molecule has 2 aliphatic heterocycles. The van der Waals surface area contributed by atoms with Crippen LogP contribution >= 0.6 is 0 Å². The first kappa shape index (κ1) is 31.1. The topological polar surface area (TPSA) is 144 Å². The number of hydrogen-bond donors (Lipinski definition) is 3. The van der Waals surface area contributed by atoms with Crippen molar-refractivity contribution in [1.29, 1.82) is 0 Å². The SMILES string of the molecule is C=CCOC(=O)NC[C@H](CC1=C(C(=O)O)N2C(=O)[C@H]([C@@H](C)O[Si](C)(C)C(C)(C)C)[C@H]2C1)NC(=O)OCC=C. The zero-order chi connectivity index (χ0) is 28.8. The van der Waals surface area contributed by atoms with Gasteiger partial charge in [0.1, 0.15) is 18.9 Å². The van der Waals surface area contributed by atoms with Gasteiger partial charge in [-0.2, -0.15) is 0 Å². The number of hydrogen-bond acceptors (Lipinski definition) is 7. The highest BCUT2D eigenvalue weighted by atomic mass is 28.4. The second-order valence-electron chi connectivity index (χ2n) is 11.0. The number of carbonyl (C=O) groups is 4. The molecule has 1 saturated heterocycles. The van der Waals surface area contributed by atoms with Crippen molar-refractivity contribution in [3.8, 4) is 0 Å². The Kier molecular flexibility index (Phi) is 10.3. The molecule has 212 valence electrons. The van der Waals surface area contributed by atoms with Gasteiger partial charge in [0, 0.05) is 6.54 Å². The Morgan fingerprint density at radius 1 is 1.16 bits per heavy atom. The molecule has 2 aliphatic rings. The molecule has 0 radical (unpaired) electrons. The maximum atomic E-state index is 13.2. The number of alkyl carbamates (subject to hydrolysis) is 2. The van der Waals surface area contributed by atoms with Gasteiger partial charge in [-0.15, -0.1) is 0 Å². The summed E-state index contributed by atoms with van der Waals surface area (Å²) in [7, 11) is -2.16. The van der Waals surface area contributed by atoms with Gasteiger partial charge >= 0.3 is 18.2 Å². The van der Waals surface area contributed by atoms with Gasteiger partial charge in [-0.3, -0.25) is 4.79 Å². The lowest BCUT2D eigenvalue weighted by molar-refractivity contribution is -0.160. The number of β-lactam (4-membered cyclic amide) rings is 1. The first-order valence-corrected chi connectivity index (χ1v) is 15.6. The Balaban J connectivity index is 2.21. The third-order valence-corrected chi connectivity index (χ3v) is 11.8. The van der Waals surface area contributed by atoms with Crippen molar-refractivity contribution < 1.29 is 38.2 Å². The van der Waals surface area contributed by atoms with Gasteiger partial charge in [0.05, 0.1) is 24.1 Å². The Labute approximate surface area is 225 Å². The molecular weight excluding hydrogens is 510 g/mol. The number of carbonyl (C=O) groups excluding carboxylic acids is 3. The second kappa shape index (κ2) is 12.6. The van der Waals surface area contributed by atoms with Crippen molar-refractivity contribution in [3.63, 3.8) is 0 Å². The standard InChI is InChI=1S/C26H41N3O8Si/c1-9-11-35-24(33)27-15-18(28-25(34)36-12-10-2)13-17-14-19-20(22(30)29(19)21(17)23(31)32)16(3)37-38(7,8)26(4,5)6/h9-10,16,18-20H,1-2,11-15H2,3-8H3,(H,27,33)(H,28,34)(H,31,32)/t16-,18+,19-,20-/m1/s1. The van der Waals surface area contributed by atoms with Gasteiger partial charge < -0.3 is 34.5 Å². The van der Waals surface area contributed by atoms with E-state index in [1.165, 1.54) is 17.1 Å². The summed E-state index contributed by atoms with van der Waals surface area (Å²) in [4.78, 5) is 50.8. The molecule has 0 saturated carbocycles. The number of ether oxygens (including phenoxy) is 2. The minimum atomic E-state index is -2.16. The molecule has 2 rings (SSSR count). The highest BCUT2D eigenvalue weighted by Gasteiger charge is 2.58. The quantitative estimate of drug-likeness (QED) is 0.179. The summed E-state index contributed by atoms with van der Waals surface area (Å²) < 4.78 is 16.4. The maximum Gasteiger partial charge on any atom is 0.407 e. The number of aliphatic carboxylic acids is 1.